The first-order valence-corrected chi connectivity index (χ1v) is 7.29. The van der Waals surface area contributed by atoms with Gasteiger partial charge in [0.25, 0.3) is 0 Å². The molecule has 0 saturated carbocycles. The van der Waals surface area contributed by atoms with E-state index in [-0.39, 0.29) is 17.9 Å². The van der Waals surface area contributed by atoms with Crippen LogP contribution in [-0.2, 0) is 16.1 Å². The van der Waals surface area contributed by atoms with Crippen molar-refractivity contribution in [1.29, 1.82) is 0 Å². The van der Waals surface area contributed by atoms with Gasteiger partial charge in [-0.25, -0.2) is 0 Å². The quantitative estimate of drug-likeness (QED) is 0.882. The lowest BCUT2D eigenvalue weighted by atomic mass is 10.0. The van der Waals surface area contributed by atoms with Crippen LogP contribution in [0.2, 0.25) is 0 Å². The van der Waals surface area contributed by atoms with Gasteiger partial charge in [0, 0.05) is 19.6 Å². The van der Waals surface area contributed by atoms with E-state index in [1.54, 1.807) is 0 Å². The first-order valence-electron chi connectivity index (χ1n) is 7.29. The van der Waals surface area contributed by atoms with Crippen LogP contribution in [0.1, 0.15) is 16.7 Å². The zero-order valence-corrected chi connectivity index (χ0v) is 12.2. The van der Waals surface area contributed by atoms with Crippen LogP contribution in [0.15, 0.2) is 18.2 Å². The summed E-state index contributed by atoms with van der Waals surface area (Å²) in [6.45, 7) is 8.07. The number of fused-ring (bicyclic) bond motifs is 3. The fourth-order valence-corrected chi connectivity index (χ4v) is 3.17. The van der Waals surface area contributed by atoms with Crippen molar-refractivity contribution in [1.82, 2.24) is 10.2 Å². The number of aryl methyl sites for hydroxylation is 2. The van der Waals surface area contributed by atoms with Crippen molar-refractivity contribution in [2.75, 3.05) is 26.3 Å². The molecule has 2 aliphatic rings. The molecule has 3 rings (SSSR count). The molecule has 2 bridgehead atoms. The Balaban J connectivity index is 1.79. The molecule has 1 N–H and O–H groups in total. The number of hydrogen-bond acceptors (Lipinski definition) is 3. The Morgan fingerprint density at radius 3 is 2.75 bits per heavy atom. The summed E-state index contributed by atoms with van der Waals surface area (Å²) in [7, 11) is 0. The fraction of sp³-hybridized carbons (Fsp3) is 0.562. The number of carbonyl (C=O) groups excluding carboxylic acids is 1. The van der Waals surface area contributed by atoms with Gasteiger partial charge in [0.05, 0.1) is 25.2 Å². The molecule has 0 aliphatic carbocycles. The van der Waals surface area contributed by atoms with Crippen LogP contribution in [0, 0.1) is 19.8 Å². The van der Waals surface area contributed by atoms with Crippen LogP contribution in [0.5, 0.6) is 0 Å². The van der Waals surface area contributed by atoms with Gasteiger partial charge in [0.2, 0.25) is 5.91 Å². The summed E-state index contributed by atoms with van der Waals surface area (Å²) in [6, 6.07) is 6.55. The summed E-state index contributed by atoms with van der Waals surface area (Å²) < 4.78 is 5.57. The first kappa shape index (κ1) is 13.6. The summed E-state index contributed by atoms with van der Waals surface area (Å²) in [5, 5.41) is 3.08. The number of nitrogens with one attached hydrogen (secondary N) is 1. The van der Waals surface area contributed by atoms with Crippen molar-refractivity contribution in [3.8, 4) is 0 Å². The standard InChI is InChI=1S/C16H22N2O2/c1-11-4-3-5-12(2)15(11)8-18-6-13-9-20-10-14(7-18)17-16(13)19/h3-5,13-14H,6-10H2,1-2H3,(H,17,19)/t13-,14+/m1/s1. The third kappa shape index (κ3) is 2.72. The van der Waals surface area contributed by atoms with E-state index in [0.717, 1.165) is 19.6 Å². The van der Waals surface area contributed by atoms with E-state index < -0.39 is 0 Å². The van der Waals surface area contributed by atoms with Crippen molar-refractivity contribution in [3.63, 3.8) is 0 Å². The highest BCUT2D eigenvalue weighted by Gasteiger charge is 2.33. The molecular weight excluding hydrogens is 252 g/mol. The van der Waals surface area contributed by atoms with Crippen LogP contribution in [0.25, 0.3) is 0 Å². The van der Waals surface area contributed by atoms with Gasteiger partial charge in [0.15, 0.2) is 0 Å². The second-order valence-corrected chi connectivity index (χ2v) is 6.00. The molecule has 0 spiro atoms. The van der Waals surface area contributed by atoms with E-state index in [0.29, 0.717) is 13.2 Å². The smallest absolute Gasteiger partial charge is 0.227 e. The van der Waals surface area contributed by atoms with Gasteiger partial charge in [-0.2, -0.15) is 0 Å². The maximum Gasteiger partial charge on any atom is 0.227 e. The molecule has 0 aromatic heterocycles. The van der Waals surface area contributed by atoms with E-state index in [1.165, 1.54) is 16.7 Å². The maximum absolute atomic E-state index is 12.0. The van der Waals surface area contributed by atoms with Crippen molar-refractivity contribution >= 4 is 5.91 Å². The molecule has 0 unspecified atom stereocenters. The minimum Gasteiger partial charge on any atom is -0.378 e. The Labute approximate surface area is 120 Å². The lowest BCUT2D eigenvalue weighted by molar-refractivity contribution is -0.125. The number of ether oxygens (including phenoxy) is 1. The molecule has 1 amide bonds. The SMILES string of the molecule is Cc1cccc(C)c1CN1C[C@H]2COC[C@@H](C1)C(=O)N2. The predicted octanol–water partition coefficient (Wildman–Crippen LogP) is 1.25. The predicted molar refractivity (Wildman–Crippen MR) is 77.4 cm³/mol. The number of benzene rings is 1. The van der Waals surface area contributed by atoms with Crippen molar-refractivity contribution in [2.24, 2.45) is 5.92 Å². The summed E-state index contributed by atoms with van der Waals surface area (Å²) in [5.74, 6) is 0.114. The topological polar surface area (TPSA) is 41.6 Å². The zero-order valence-electron chi connectivity index (χ0n) is 12.2. The largest absolute Gasteiger partial charge is 0.378 e. The Bertz CT molecular complexity index is 495. The Hall–Kier alpha value is -1.39. The number of amides is 1. The molecule has 1 aromatic carbocycles. The third-order valence-electron chi connectivity index (χ3n) is 4.34. The summed E-state index contributed by atoms with van der Waals surface area (Å²) in [6.07, 6.45) is 0. The van der Waals surface area contributed by atoms with Crippen LogP contribution in [0.3, 0.4) is 0 Å². The first-order chi connectivity index (χ1) is 9.63. The molecule has 2 heterocycles. The molecule has 4 nitrogen and oxygen atoms in total. The zero-order chi connectivity index (χ0) is 14.1. The van der Waals surface area contributed by atoms with Gasteiger partial charge in [-0.15, -0.1) is 0 Å². The number of rotatable bonds is 2. The van der Waals surface area contributed by atoms with Gasteiger partial charge >= 0.3 is 0 Å². The highest BCUT2D eigenvalue weighted by Crippen LogP contribution is 2.20. The highest BCUT2D eigenvalue weighted by atomic mass is 16.5. The molecule has 2 aliphatic heterocycles. The van der Waals surface area contributed by atoms with E-state index in [4.69, 9.17) is 4.74 Å². The second-order valence-electron chi connectivity index (χ2n) is 6.00. The van der Waals surface area contributed by atoms with Crippen molar-refractivity contribution < 1.29 is 9.53 Å². The van der Waals surface area contributed by atoms with Crippen LogP contribution >= 0.6 is 0 Å². The maximum atomic E-state index is 12.0. The van der Waals surface area contributed by atoms with Gasteiger partial charge in [-0.05, 0) is 30.5 Å². The van der Waals surface area contributed by atoms with E-state index in [2.05, 4.69) is 42.3 Å². The average molecular weight is 274 g/mol. The Morgan fingerprint density at radius 2 is 2.00 bits per heavy atom. The molecule has 108 valence electrons. The fourth-order valence-electron chi connectivity index (χ4n) is 3.17. The summed E-state index contributed by atoms with van der Waals surface area (Å²) in [5.41, 5.74) is 4.05. The lowest BCUT2D eigenvalue weighted by Crippen LogP contribution is -2.41. The van der Waals surface area contributed by atoms with Crippen LogP contribution < -0.4 is 5.32 Å². The van der Waals surface area contributed by atoms with Crippen molar-refractivity contribution in [2.45, 2.75) is 26.4 Å². The van der Waals surface area contributed by atoms with E-state index >= 15 is 0 Å². The Morgan fingerprint density at radius 1 is 1.25 bits per heavy atom. The van der Waals surface area contributed by atoms with Gasteiger partial charge in [-0.1, -0.05) is 18.2 Å². The Kier molecular flexibility index (Phi) is 3.76. The van der Waals surface area contributed by atoms with Gasteiger partial charge in [0.1, 0.15) is 0 Å². The highest BCUT2D eigenvalue weighted by molar-refractivity contribution is 5.79. The molecular formula is C16H22N2O2. The van der Waals surface area contributed by atoms with Gasteiger partial charge < -0.3 is 10.1 Å². The van der Waals surface area contributed by atoms with E-state index in [1.807, 2.05) is 0 Å². The van der Waals surface area contributed by atoms with Gasteiger partial charge in [-0.3, -0.25) is 9.69 Å². The number of hydrogen-bond donors (Lipinski definition) is 1. The molecule has 2 saturated heterocycles. The second kappa shape index (κ2) is 5.54. The summed E-state index contributed by atoms with van der Waals surface area (Å²) in [4.78, 5) is 14.4. The molecule has 0 radical (unpaired) electrons. The molecule has 1 aromatic rings. The average Bonchev–Trinajstić information content (AvgIpc) is 2.63. The molecule has 2 fully saturated rings. The lowest BCUT2D eigenvalue weighted by Gasteiger charge is -2.28. The van der Waals surface area contributed by atoms with Crippen LogP contribution in [-0.4, -0.2) is 43.2 Å². The van der Waals surface area contributed by atoms with E-state index in [9.17, 15) is 4.79 Å². The minimum absolute atomic E-state index is 0.0353. The van der Waals surface area contributed by atoms with Crippen molar-refractivity contribution in [3.05, 3.63) is 34.9 Å². The minimum atomic E-state index is -0.0353. The van der Waals surface area contributed by atoms with Crippen LogP contribution in [0.4, 0.5) is 0 Å². The molecule has 4 heteroatoms. The third-order valence-corrected chi connectivity index (χ3v) is 4.34. The normalized spacial score (nSPS) is 27.0. The summed E-state index contributed by atoms with van der Waals surface area (Å²) >= 11 is 0. The molecule has 2 atom stereocenters. The monoisotopic (exact) mass is 274 g/mol. The number of carbonyl (C=O) groups is 1. The number of nitrogens with zero attached hydrogens (tertiary/aromatic N) is 1. The molecule has 20 heavy (non-hydrogen) atoms.